The van der Waals surface area contributed by atoms with E-state index in [1.165, 1.54) is 23.6 Å². The number of benzene rings is 1. The van der Waals surface area contributed by atoms with Gasteiger partial charge in [-0.1, -0.05) is 30.3 Å². The summed E-state index contributed by atoms with van der Waals surface area (Å²) in [4.78, 5) is 8.57. The molecule has 0 spiro atoms. The van der Waals surface area contributed by atoms with Crippen LogP contribution in [0.2, 0.25) is 0 Å². The van der Waals surface area contributed by atoms with Crippen LogP contribution in [0.1, 0.15) is 17.3 Å². The molecule has 0 saturated carbocycles. The number of hydrogen-bond acceptors (Lipinski definition) is 4. The standard InChI is InChI=1S/C16H14FN3S/c17-12-6-7-15(19-9-12)16-20-13(10-21-16)8-14(18)11-4-2-1-3-5-11/h1-7,9-10,14H,8,18H2. The van der Waals surface area contributed by atoms with Gasteiger partial charge < -0.3 is 5.73 Å². The molecule has 3 nitrogen and oxygen atoms in total. The van der Waals surface area contributed by atoms with Gasteiger partial charge in [-0.15, -0.1) is 11.3 Å². The highest BCUT2D eigenvalue weighted by molar-refractivity contribution is 7.13. The zero-order valence-corrected chi connectivity index (χ0v) is 12.1. The third-order valence-corrected chi connectivity index (χ3v) is 4.07. The Balaban J connectivity index is 1.75. The Morgan fingerprint density at radius 3 is 2.67 bits per heavy atom. The third kappa shape index (κ3) is 3.32. The van der Waals surface area contributed by atoms with Crippen molar-refractivity contribution in [3.63, 3.8) is 0 Å². The Morgan fingerprint density at radius 1 is 1.14 bits per heavy atom. The van der Waals surface area contributed by atoms with Gasteiger partial charge in [0.2, 0.25) is 0 Å². The average Bonchev–Trinajstić information content (AvgIpc) is 2.97. The van der Waals surface area contributed by atoms with Crippen molar-refractivity contribution >= 4 is 11.3 Å². The molecule has 0 fully saturated rings. The molecule has 1 aromatic carbocycles. The van der Waals surface area contributed by atoms with E-state index in [0.29, 0.717) is 12.1 Å². The summed E-state index contributed by atoms with van der Waals surface area (Å²) in [6.07, 6.45) is 1.87. The molecule has 3 rings (SSSR count). The van der Waals surface area contributed by atoms with Crippen molar-refractivity contribution in [1.82, 2.24) is 9.97 Å². The predicted molar refractivity (Wildman–Crippen MR) is 82.4 cm³/mol. The Bertz CT molecular complexity index is 710. The molecule has 3 aromatic rings. The zero-order valence-electron chi connectivity index (χ0n) is 11.2. The first-order valence-corrected chi connectivity index (χ1v) is 7.47. The topological polar surface area (TPSA) is 51.8 Å². The first kappa shape index (κ1) is 13.9. The number of thiazole rings is 1. The van der Waals surface area contributed by atoms with Gasteiger partial charge in [0.25, 0.3) is 0 Å². The normalized spacial score (nSPS) is 12.3. The molecule has 2 heterocycles. The van der Waals surface area contributed by atoms with Crippen molar-refractivity contribution in [2.45, 2.75) is 12.5 Å². The molecule has 2 aromatic heterocycles. The van der Waals surface area contributed by atoms with E-state index in [2.05, 4.69) is 9.97 Å². The minimum Gasteiger partial charge on any atom is -0.324 e. The largest absolute Gasteiger partial charge is 0.324 e. The molecule has 0 aliphatic carbocycles. The van der Waals surface area contributed by atoms with Gasteiger partial charge in [-0.25, -0.2) is 9.37 Å². The van der Waals surface area contributed by atoms with E-state index >= 15 is 0 Å². The SMILES string of the molecule is NC(Cc1csc(-c2ccc(F)cn2)n1)c1ccccc1. The van der Waals surface area contributed by atoms with Gasteiger partial charge in [-0.3, -0.25) is 4.98 Å². The number of hydrogen-bond donors (Lipinski definition) is 1. The second-order valence-corrected chi connectivity index (χ2v) is 5.59. The maximum Gasteiger partial charge on any atom is 0.142 e. The van der Waals surface area contributed by atoms with Crippen molar-refractivity contribution in [2.24, 2.45) is 5.73 Å². The van der Waals surface area contributed by atoms with E-state index < -0.39 is 0 Å². The fourth-order valence-corrected chi connectivity index (χ4v) is 2.87. The van der Waals surface area contributed by atoms with Gasteiger partial charge >= 0.3 is 0 Å². The zero-order chi connectivity index (χ0) is 14.7. The minimum atomic E-state index is -0.346. The van der Waals surface area contributed by atoms with Crippen LogP contribution in [0.3, 0.4) is 0 Å². The van der Waals surface area contributed by atoms with Gasteiger partial charge in [0, 0.05) is 17.8 Å². The molecule has 1 atom stereocenters. The lowest BCUT2D eigenvalue weighted by atomic mass is 10.0. The molecule has 1 unspecified atom stereocenters. The number of pyridine rings is 1. The summed E-state index contributed by atoms with van der Waals surface area (Å²) >= 11 is 1.49. The van der Waals surface area contributed by atoms with Crippen LogP contribution in [0.5, 0.6) is 0 Å². The maximum atomic E-state index is 12.9. The highest BCUT2D eigenvalue weighted by atomic mass is 32.1. The molecule has 106 valence electrons. The summed E-state index contributed by atoms with van der Waals surface area (Å²) in [6, 6.07) is 12.9. The molecule has 0 radical (unpaired) electrons. The number of rotatable bonds is 4. The molecule has 0 aliphatic rings. The Hall–Kier alpha value is -2.11. The molecule has 0 bridgehead atoms. The summed E-state index contributed by atoms with van der Waals surface area (Å²) in [5.74, 6) is -0.346. The monoisotopic (exact) mass is 299 g/mol. The van der Waals surface area contributed by atoms with E-state index in [-0.39, 0.29) is 11.9 Å². The fraction of sp³-hybridized carbons (Fsp3) is 0.125. The first-order valence-electron chi connectivity index (χ1n) is 6.59. The Morgan fingerprint density at radius 2 is 1.95 bits per heavy atom. The van der Waals surface area contributed by atoms with Crippen molar-refractivity contribution in [2.75, 3.05) is 0 Å². The number of nitrogens with zero attached hydrogens (tertiary/aromatic N) is 2. The summed E-state index contributed by atoms with van der Waals surface area (Å²) < 4.78 is 12.9. The van der Waals surface area contributed by atoms with E-state index in [9.17, 15) is 4.39 Å². The van der Waals surface area contributed by atoms with Crippen LogP contribution < -0.4 is 5.73 Å². The first-order chi connectivity index (χ1) is 10.2. The van der Waals surface area contributed by atoms with Gasteiger partial charge in [0.05, 0.1) is 17.6 Å². The van der Waals surface area contributed by atoms with Crippen LogP contribution in [-0.2, 0) is 6.42 Å². The van der Waals surface area contributed by atoms with E-state index in [4.69, 9.17) is 5.73 Å². The van der Waals surface area contributed by atoms with Crippen molar-refractivity contribution in [3.05, 3.63) is 71.1 Å². The van der Waals surface area contributed by atoms with Gasteiger partial charge in [-0.2, -0.15) is 0 Å². The predicted octanol–water partition coefficient (Wildman–Crippen LogP) is 3.59. The van der Waals surface area contributed by atoms with Crippen molar-refractivity contribution in [1.29, 1.82) is 0 Å². The smallest absolute Gasteiger partial charge is 0.142 e. The second-order valence-electron chi connectivity index (χ2n) is 4.73. The molecule has 21 heavy (non-hydrogen) atoms. The number of aromatic nitrogens is 2. The molecule has 0 amide bonds. The van der Waals surface area contributed by atoms with Crippen LogP contribution in [0.4, 0.5) is 4.39 Å². The lowest BCUT2D eigenvalue weighted by molar-refractivity contribution is 0.622. The average molecular weight is 299 g/mol. The molecule has 0 aliphatic heterocycles. The molecule has 2 N–H and O–H groups in total. The number of halogens is 1. The van der Waals surface area contributed by atoms with Gasteiger partial charge in [0.1, 0.15) is 10.8 Å². The summed E-state index contributed by atoms with van der Waals surface area (Å²) in [7, 11) is 0. The Labute approximate surface area is 126 Å². The highest BCUT2D eigenvalue weighted by Crippen LogP contribution is 2.24. The lowest BCUT2D eigenvalue weighted by Crippen LogP contribution is -2.13. The van der Waals surface area contributed by atoms with Gasteiger partial charge in [0.15, 0.2) is 0 Å². The lowest BCUT2D eigenvalue weighted by Gasteiger charge is -2.09. The van der Waals surface area contributed by atoms with E-state index in [1.54, 1.807) is 6.07 Å². The number of nitrogens with two attached hydrogens (primary N) is 1. The summed E-state index contributed by atoms with van der Waals surface area (Å²) in [6.45, 7) is 0. The quantitative estimate of drug-likeness (QED) is 0.801. The van der Waals surface area contributed by atoms with Gasteiger partial charge in [-0.05, 0) is 17.7 Å². The van der Waals surface area contributed by atoms with Crippen molar-refractivity contribution in [3.8, 4) is 10.7 Å². The van der Waals surface area contributed by atoms with Crippen LogP contribution >= 0.6 is 11.3 Å². The molecule has 5 heteroatoms. The second kappa shape index (κ2) is 6.11. The van der Waals surface area contributed by atoms with E-state index in [0.717, 1.165) is 16.3 Å². The van der Waals surface area contributed by atoms with Crippen LogP contribution in [0.15, 0.2) is 54.0 Å². The molecular weight excluding hydrogens is 285 g/mol. The van der Waals surface area contributed by atoms with Crippen LogP contribution in [0.25, 0.3) is 10.7 Å². The Kier molecular flexibility index (Phi) is 4.03. The molecule has 0 saturated heterocycles. The van der Waals surface area contributed by atoms with E-state index in [1.807, 2.05) is 35.7 Å². The summed E-state index contributed by atoms with van der Waals surface area (Å²) in [5, 5.41) is 2.76. The van der Waals surface area contributed by atoms with Crippen LogP contribution in [-0.4, -0.2) is 9.97 Å². The van der Waals surface area contributed by atoms with Crippen LogP contribution in [0, 0.1) is 5.82 Å². The highest BCUT2D eigenvalue weighted by Gasteiger charge is 2.11. The third-order valence-electron chi connectivity index (χ3n) is 3.16. The summed E-state index contributed by atoms with van der Waals surface area (Å²) in [5.41, 5.74) is 8.89. The van der Waals surface area contributed by atoms with Crippen molar-refractivity contribution < 1.29 is 4.39 Å². The fourth-order valence-electron chi connectivity index (χ4n) is 2.06. The maximum absolute atomic E-state index is 12.9. The molecular formula is C16H14FN3S. The minimum absolute atomic E-state index is 0.0812.